The van der Waals surface area contributed by atoms with Crippen LogP contribution in [0.1, 0.15) is 63.6 Å². The number of unbranched alkanes of at least 4 members (excludes halogenated alkanes) is 2. The van der Waals surface area contributed by atoms with Crippen LogP contribution < -0.4 is 5.32 Å². The largest absolute Gasteiger partial charge is 0.308 e. The Morgan fingerprint density at radius 1 is 1.18 bits per heavy atom. The summed E-state index contributed by atoms with van der Waals surface area (Å²) in [5.74, 6) is 0. The number of rotatable bonds is 7. The molecular weight excluding hydrogens is 206 g/mol. The fraction of sp³-hybridized carbons (Fsp3) is 0.625. The van der Waals surface area contributed by atoms with E-state index in [1.807, 2.05) is 0 Å². The van der Waals surface area contributed by atoms with Gasteiger partial charge in [-0.05, 0) is 32.8 Å². The molecule has 0 spiro atoms. The molecule has 1 N–H and O–H groups in total. The number of benzene rings is 1. The van der Waals surface area contributed by atoms with Crippen molar-refractivity contribution in [3.63, 3.8) is 0 Å². The van der Waals surface area contributed by atoms with Gasteiger partial charge in [0.15, 0.2) is 0 Å². The van der Waals surface area contributed by atoms with E-state index in [0.29, 0.717) is 12.1 Å². The molecule has 0 saturated heterocycles. The third kappa shape index (κ3) is 5.36. The van der Waals surface area contributed by atoms with Gasteiger partial charge in [0.2, 0.25) is 0 Å². The Balaban J connectivity index is 2.40. The van der Waals surface area contributed by atoms with Gasteiger partial charge in [-0.15, -0.1) is 0 Å². The molecule has 0 aliphatic carbocycles. The molecule has 0 aliphatic heterocycles. The summed E-state index contributed by atoms with van der Waals surface area (Å²) >= 11 is 0. The summed E-state index contributed by atoms with van der Waals surface area (Å²) in [7, 11) is 0. The minimum Gasteiger partial charge on any atom is -0.308 e. The molecule has 1 unspecified atom stereocenters. The minimum atomic E-state index is 0.450. The topological polar surface area (TPSA) is 12.0 Å². The highest BCUT2D eigenvalue weighted by molar-refractivity contribution is 5.24. The average molecular weight is 233 g/mol. The van der Waals surface area contributed by atoms with Crippen LogP contribution in [0.5, 0.6) is 0 Å². The maximum absolute atomic E-state index is 3.68. The van der Waals surface area contributed by atoms with Crippen LogP contribution in [-0.4, -0.2) is 6.04 Å². The highest BCUT2D eigenvalue weighted by atomic mass is 14.9. The molecule has 0 aromatic heterocycles. The molecule has 0 aliphatic rings. The van der Waals surface area contributed by atoms with Crippen LogP contribution in [0.15, 0.2) is 24.3 Å². The predicted octanol–water partition coefficient (Wildman–Crippen LogP) is 4.61. The average Bonchev–Trinajstić information content (AvgIpc) is 2.29. The van der Waals surface area contributed by atoms with Gasteiger partial charge < -0.3 is 5.32 Å². The zero-order valence-electron chi connectivity index (χ0n) is 11.8. The van der Waals surface area contributed by atoms with E-state index in [1.54, 1.807) is 0 Å². The fourth-order valence-electron chi connectivity index (χ4n) is 2.25. The van der Waals surface area contributed by atoms with Crippen LogP contribution in [0.2, 0.25) is 0 Å². The first-order chi connectivity index (χ1) is 8.13. The zero-order valence-corrected chi connectivity index (χ0v) is 11.8. The zero-order chi connectivity index (χ0) is 12.7. The van der Waals surface area contributed by atoms with E-state index >= 15 is 0 Å². The first-order valence-corrected chi connectivity index (χ1v) is 6.96. The van der Waals surface area contributed by atoms with Crippen molar-refractivity contribution in [1.82, 2.24) is 5.32 Å². The lowest BCUT2D eigenvalue weighted by molar-refractivity contribution is 0.440. The molecule has 2 atom stereocenters. The van der Waals surface area contributed by atoms with E-state index in [9.17, 15) is 0 Å². The number of nitrogens with one attached hydrogen (secondary N) is 1. The van der Waals surface area contributed by atoms with Crippen molar-refractivity contribution >= 4 is 0 Å². The lowest BCUT2D eigenvalue weighted by Crippen LogP contribution is -2.28. The molecule has 1 aromatic rings. The standard InChI is InChI=1S/C16H27N/c1-5-6-7-10-14(3)17-15(4)16-11-8-9-13(2)12-16/h8-9,11-12,14-15,17H,5-7,10H2,1-4H3/t14?,15-/m1/s1. The first kappa shape index (κ1) is 14.2. The quantitative estimate of drug-likeness (QED) is 0.678. The van der Waals surface area contributed by atoms with E-state index in [2.05, 4.69) is 57.3 Å². The Labute approximate surface area is 107 Å². The molecule has 1 nitrogen and oxygen atoms in total. The summed E-state index contributed by atoms with van der Waals surface area (Å²) in [5.41, 5.74) is 2.74. The van der Waals surface area contributed by atoms with Crippen molar-refractivity contribution in [2.45, 2.75) is 65.5 Å². The summed E-state index contributed by atoms with van der Waals surface area (Å²) in [4.78, 5) is 0. The second-order valence-electron chi connectivity index (χ2n) is 5.20. The summed E-state index contributed by atoms with van der Waals surface area (Å²) in [6.45, 7) is 8.96. The Morgan fingerprint density at radius 2 is 1.94 bits per heavy atom. The van der Waals surface area contributed by atoms with E-state index in [4.69, 9.17) is 0 Å². The van der Waals surface area contributed by atoms with Crippen LogP contribution in [-0.2, 0) is 0 Å². The number of hydrogen-bond donors (Lipinski definition) is 1. The van der Waals surface area contributed by atoms with Gasteiger partial charge in [0.25, 0.3) is 0 Å². The van der Waals surface area contributed by atoms with Crippen LogP contribution in [0, 0.1) is 6.92 Å². The molecule has 17 heavy (non-hydrogen) atoms. The van der Waals surface area contributed by atoms with Crippen LogP contribution in [0.3, 0.4) is 0 Å². The third-order valence-electron chi connectivity index (χ3n) is 3.32. The molecule has 0 amide bonds. The first-order valence-electron chi connectivity index (χ1n) is 6.96. The van der Waals surface area contributed by atoms with Gasteiger partial charge in [0.05, 0.1) is 0 Å². The van der Waals surface area contributed by atoms with Crippen LogP contribution in [0.4, 0.5) is 0 Å². The van der Waals surface area contributed by atoms with Gasteiger partial charge in [-0.2, -0.15) is 0 Å². The monoisotopic (exact) mass is 233 g/mol. The smallest absolute Gasteiger partial charge is 0.0294 e. The molecule has 0 saturated carbocycles. The molecule has 0 fully saturated rings. The molecular formula is C16H27N. The van der Waals surface area contributed by atoms with E-state index in [0.717, 1.165) is 0 Å². The second-order valence-corrected chi connectivity index (χ2v) is 5.20. The molecule has 0 radical (unpaired) electrons. The van der Waals surface area contributed by atoms with Crippen LogP contribution >= 0.6 is 0 Å². The van der Waals surface area contributed by atoms with Gasteiger partial charge in [0, 0.05) is 12.1 Å². The third-order valence-corrected chi connectivity index (χ3v) is 3.32. The molecule has 1 rings (SSSR count). The van der Waals surface area contributed by atoms with E-state index in [-0.39, 0.29) is 0 Å². The molecule has 96 valence electrons. The summed E-state index contributed by atoms with van der Waals surface area (Å²) in [5, 5.41) is 3.68. The highest BCUT2D eigenvalue weighted by Gasteiger charge is 2.08. The Kier molecular flexibility index (Phi) is 6.28. The van der Waals surface area contributed by atoms with Crippen LogP contribution in [0.25, 0.3) is 0 Å². The van der Waals surface area contributed by atoms with Gasteiger partial charge in [-0.3, -0.25) is 0 Å². The van der Waals surface area contributed by atoms with Gasteiger partial charge in [0.1, 0.15) is 0 Å². The number of hydrogen-bond acceptors (Lipinski definition) is 1. The molecule has 0 bridgehead atoms. The van der Waals surface area contributed by atoms with Crippen molar-refractivity contribution in [1.29, 1.82) is 0 Å². The normalized spacial score (nSPS) is 14.6. The summed E-state index contributed by atoms with van der Waals surface area (Å²) in [6, 6.07) is 9.84. The number of aryl methyl sites for hydroxylation is 1. The summed E-state index contributed by atoms with van der Waals surface area (Å²) in [6.07, 6.45) is 5.28. The predicted molar refractivity (Wildman–Crippen MR) is 76.3 cm³/mol. The van der Waals surface area contributed by atoms with E-state index < -0.39 is 0 Å². The molecule has 1 aromatic carbocycles. The van der Waals surface area contributed by atoms with Crippen molar-refractivity contribution in [3.8, 4) is 0 Å². The second kappa shape index (κ2) is 7.50. The van der Waals surface area contributed by atoms with E-state index in [1.165, 1.54) is 36.8 Å². The van der Waals surface area contributed by atoms with Crippen molar-refractivity contribution in [2.75, 3.05) is 0 Å². The van der Waals surface area contributed by atoms with Crippen molar-refractivity contribution in [2.24, 2.45) is 0 Å². The fourth-order valence-corrected chi connectivity index (χ4v) is 2.25. The van der Waals surface area contributed by atoms with Gasteiger partial charge in [-0.1, -0.05) is 56.0 Å². The van der Waals surface area contributed by atoms with Crippen molar-refractivity contribution < 1.29 is 0 Å². The Hall–Kier alpha value is -0.820. The Bertz CT molecular complexity index is 319. The minimum absolute atomic E-state index is 0.450. The summed E-state index contributed by atoms with van der Waals surface area (Å²) < 4.78 is 0. The SMILES string of the molecule is CCCCCC(C)N[C@H](C)c1cccc(C)c1. The maximum atomic E-state index is 3.68. The highest BCUT2D eigenvalue weighted by Crippen LogP contribution is 2.15. The maximum Gasteiger partial charge on any atom is 0.0294 e. The lowest BCUT2D eigenvalue weighted by Gasteiger charge is -2.20. The lowest BCUT2D eigenvalue weighted by atomic mass is 10.0. The van der Waals surface area contributed by atoms with Gasteiger partial charge in [-0.25, -0.2) is 0 Å². The van der Waals surface area contributed by atoms with Gasteiger partial charge >= 0.3 is 0 Å². The van der Waals surface area contributed by atoms with Crippen molar-refractivity contribution in [3.05, 3.63) is 35.4 Å². The Morgan fingerprint density at radius 3 is 2.59 bits per heavy atom. The molecule has 0 heterocycles. The molecule has 1 heteroatoms.